The van der Waals surface area contributed by atoms with Gasteiger partial charge in [0.15, 0.2) is 0 Å². The summed E-state index contributed by atoms with van der Waals surface area (Å²) in [6.45, 7) is 0. The Bertz CT molecular complexity index is 639. The second kappa shape index (κ2) is 6.81. The number of primary amides is 1. The van der Waals surface area contributed by atoms with Crippen molar-refractivity contribution in [3.63, 3.8) is 0 Å². The molecule has 0 saturated carbocycles. The molecule has 0 fully saturated rings. The highest BCUT2D eigenvalue weighted by Gasteiger charge is 2.04. The van der Waals surface area contributed by atoms with E-state index in [4.69, 9.17) is 5.73 Å². The number of nitrogens with one attached hydrogen (secondary N) is 2. The Hall–Kier alpha value is -2.47. The van der Waals surface area contributed by atoms with Crippen molar-refractivity contribution in [3.05, 3.63) is 54.1 Å². The minimum absolute atomic E-state index is 0.348. The van der Waals surface area contributed by atoms with Crippen LogP contribution in [0.25, 0.3) is 0 Å². The van der Waals surface area contributed by atoms with Gasteiger partial charge in [0.1, 0.15) is 0 Å². The van der Waals surface area contributed by atoms with Crippen LogP contribution in [0.5, 0.6) is 0 Å². The molecular weight excluding hydrogens is 286 g/mol. The molecule has 0 radical (unpaired) electrons. The molecule has 0 bridgehead atoms. The lowest BCUT2D eigenvalue weighted by molar-refractivity contribution is 0.100. The molecule has 0 aliphatic carbocycles. The van der Waals surface area contributed by atoms with Crippen LogP contribution in [0.1, 0.15) is 10.4 Å². The molecule has 0 spiro atoms. The van der Waals surface area contributed by atoms with Crippen LogP contribution in [0.2, 0.25) is 0 Å². The third-order valence-electron chi connectivity index (χ3n) is 2.78. The number of amides is 3. The lowest BCUT2D eigenvalue weighted by atomic mass is 10.2. The van der Waals surface area contributed by atoms with E-state index < -0.39 is 5.91 Å². The fourth-order valence-electron chi connectivity index (χ4n) is 1.69. The molecule has 0 heterocycles. The average Bonchev–Trinajstić information content (AvgIpc) is 2.48. The van der Waals surface area contributed by atoms with Gasteiger partial charge < -0.3 is 16.4 Å². The standard InChI is InChI=1S/C15H15N3O2S/c1-21-13-8-6-12(7-9-13)18-15(20)17-11-4-2-10(3-5-11)14(16)19/h2-9H,1H3,(H2,16,19)(H2,17,18,20). The number of anilines is 2. The summed E-state index contributed by atoms with van der Waals surface area (Å²) >= 11 is 1.64. The fraction of sp³-hybridized carbons (Fsp3) is 0.0667. The van der Waals surface area contributed by atoms with Gasteiger partial charge in [-0.15, -0.1) is 11.8 Å². The Morgan fingerprint density at radius 3 is 1.81 bits per heavy atom. The molecule has 3 amide bonds. The van der Waals surface area contributed by atoms with Crippen LogP contribution in [0, 0.1) is 0 Å². The van der Waals surface area contributed by atoms with Gasteiger partial charge in [-0.3, -0.25) is 4.79 Å². The Balaban J connectivity index is 1.95. The lowest BCUT2D eigenvalue weighted by Crippen LogP contribution is -2.19. The first-order chi connectivity index (χ1) is 10.1. The summed E-state index contributed by atoms with van der Waals surface area (Å²) in [6, 6.07) is 13.6. The van der Waals surface area contributed by atoms with Crippen LogP contribution in [0.4, 0.5) is 16.2 Å². The molecule has 0 aromatic heterocycles. The van der Waals surface area contributed by atoms with Gasteiger partial charge in [-0.25, -0.2) is 4.79 Å². The zero-order chi connectivity index (χ0) is 15.2. The minimum atomic E-state index is -0.500. The van der Waals surface area contributed by atoms with Crippen LogP contribution in [-0.2, 0) is 0 Å². The van der Waals surface area contributed by atoms with Crippen molar-refractivity contribution in [2.75, 3.05) is 16.9 Å². The van der Waals surface area contributed by atoms with Crippen LogP contribution in [0.15, 0.2) is 53.4 Å². The number of carbonyl (C=O) groups excluding carboxylic acids is 2. The third-order valence-corrected chi connectivity index (χ3v) is 3.52. The summed E-state index contributed by atoms with van der Waals surface area (Å²) in [5.41, 5.74) is 6.84. The Kier molecular flexibility index (Phi) is 4.84. The number of rotatable bonds is 4. The quantitative estimate of drug-likeness (QED) is 0.758. The molecule has 0 aliphatic rings. The largest absolute Gasteiger partial charge is 0.366 e. The summed E-state index contributed by atoms with van der Waals surface area (Å²) < 4.78 is 0. The van der Waals surface area contributed by atoms with Crippen LogP contribution < -0.4 is 16.4 Å². The number of benzene rings is 2. The first kappa shape index (κ1) is 14.9. The Morgan fingerprint density at radius 1 is 0.905 bits per heavy atom. The Labute approximate surface area is 126 Å². The second-order valence-corrected chi connectivity index (χ2v) is 5.13. The van der Waals surface area contributed by atoms with E-state index in [1.54, 1.807) is 36.0 Å². The lowest BCUT2D eigenvalue weighted by Gasteiger charge is -2.08. The van der Waals surface area contributed by atoms with Gasteiger partial charge in [0.05, 0.1) is 0 Å². The van der Waals surface area contributed by atoms with E-state index in [9.17, 15) is 9.59 Å². The Morgan fingerprint density at radius 2 is 1.38 bits per heavy atom. The number of urea groups is 1. The molecule has 0 unspecified atom stereocenters. The van der Waals surface area contributed by atoms with Gasteiger partial charge in [0.2, 0.25) is 5.91 Å². The van der Waals surface area contributed by atoms with Gasteiger partial charge in [-0.05, 0) is 54.8 Å². The zero-order valence-corrected chi connectivity index (χ0v) is 12.2. The summed E-state index contributed by atoms with van der Waals surface area (Å²) in [6.07, 6.45) is 1.99. The highest BCUT2D eigenvalue weighted by atomic mass is 32.2. The molecule has 0 atom stereocenters. The third kappa shape index (κ3) is 4.25. The van der Waals surface area contributed by atoms with Crippen LogP contribution in [0.3, 0.4) is 0 Å². The minimum Gasteiger partial charge on any atom is -0.366 e. The number of nitrogens with two attached hydrogens (primary N) is 1. The first-order valence-electron chi connectivity index (χ1n) is 6.20. The highest BCUT2D eigenvalue weighted by Crippen LogP contribution is 2.17. The van der Waals surface area contributed by atoms with E-state index in [1.165, 1.54) is 0 Å². The average molecular weight is 301 g/mol. The zero-order valence-electron chi connectivity index (χ0n) is 11.4. The van der Waals surface area contributed by atoms with Gasteiger partial charge in [-0.1, -0.05) is 0 Å². The van der Waals surface area contributed by atoms with Gasteiger partial charge in [0.25, 0.3) is 0 Å². The van der Waals surface area contributed by atoms with Gasteiger partial charge in [-0.2, -0.15) is 0 Å². The van der Waals surface area contributed by atoms with Crippen molar-refractivity contribution in [3.8, 4) is 0 Å². The molecule has 2 rings (SSSR count). The van der Waals surface area contributed by atoms with Gasteiger partial charge in [0, 0.05) is 21.8 Å². The van der Waals surface area contributed by atoms with Crippen LogP contribution >= 0.6 is 11.8 Å². The van der Waals surface area contributed by atoms with Crippen molar-refractivity contribution in [2.45, 2.75) is 4.90 Å². The molecule has 108 valence electrons. The van der Waals surface area contributed by atoms with E-state index in [-0.39, 0.29) is 6.03 Å². The molecule has 0 aliphatic heterocycles. The molecule has 2 aromatic rings. The summed E-state index contributed by atoms with van der Waals surface area (Å²) in [4.78, 5) is 23.9. The molecule has 4 N–H and O–H groups in total. The van der Waals surface area contributed by atoms with Crippen molar-refractivity contribution in [1.29, 1.82) is 0 Å². The maximum absolute atomic E-state index is 11.8. The van der Waals surface area contributed by atoms with Crippen molar-refractivity contribution >= 4 is 35.1 Å². The molecule has 6 heteroatoms. The van der Waals surface area contributed by atoms with Gasteiger partial charge >= 0.3 is 6.03 Å². The normalized spacial score (nSPS) is 9.95. The topological polar surface area (TPSA) is 84.2 Å². The predicted molar refractivity (Wildman–Crippen MR) is 85.8 cm³/mol. The molecule has 0 saturated heterocycles. The summed E-state index contributed by atoms with van der Waals surface area (Å²) in [7, 11) is 0. The maximum atomic E-state index is 11.8. The second-order valence-electron chi connectivity index (χ2n) is 4.25. The maximum Gasteiger partial charge on any atom is 0.323 e. The molecular formula is C15H15N3O2S. The number of thioether (sulfide) groups is 1. The predicted octanol–water partition coefficient (Wildman–Crippen LogP) is 3.15. The number of carbonyl (C=O) groups is 2. The van der Waals surface area contributed by atoms with E-state index in [0.717, 1.165) is 4.90 Å². The van der Waals surface area contributed by atoms with Crippen molar-refractivity contribution in [1.82, 2.24) is 0 Å². The first-order valence-corrected chi connectivity index (χ1v) is 7.43. The van der Waals surface area contributed by atoms with E-state index in [2.05, 4.69) is 10.6 Å². The number of hydrogen-bond donors (Lipinski definition) is 3. The fourth-order valence-corrected chi connectivity index (χ4v) is 2.09. The monoisotopic (exact) mass is 301 g/mol. The van der Waals surface area contributed by atoms with E-state index >= 15 is 0 Å². The summed E-state index contributed by atoms with van der Waals surface area (Å²) in [5, 5.41) is 5.41. The van der Waals surface area contributed by atoms with E-state index in [0.29, 0.717) is 16.9 Å². The molecule has 21 heavy (non-hydrogen) atoms. The highest BCUT2D eigenvalue weighted by molar-refractivity contribution is 7.98. The smallest absolute Gasteiger partial charge is 0.323 e. The SMILES string of the molecule is CSc1ccc(NC(=O)Nc2ccc(C(N)=O)cc2)cc1. The van der Waals surface area contributed by atoms with Crippen molar-refractivity contribution < 1.29 is 9.59 Å². The molecule has 5 nitrogen and oxygen atoms in total. The van der Waals surface area contributed by atoms with E-state index in [1.807, 2.05) is 30.5 Å². The molecule has 2 aromatic carbocycles. The van der Waals surface area contributed by atoms with Crippen LogP contribution in [-0.4, -0.2) is 18.2 Å². The summed E-state index contributed by atoms with van der Waals surface area (Å²) in [5.74, 6) is -0.500. The van der Waals surface area contributed by atoms with Crippen molar-refractivity contribution in [2.24, 2.45) is 5.73 Å². The number of hydrogen-bond acceptors (Lipinski definition) is 3.